The van der Waals surface area contributed by atoms with Gasteiger partial charge in [-0.2, -0.15) is 5.10 Å². The van der Waals surface area contributed by atoms with Gasteiger partial charge in [0.25, 0.3) is 0 Å². The molecule has 2 aromatic carbocycles. The number of nitrogens with one attached hydrogen (secondary N) is 1. The van der Waals surface area contributed by atoms with E-state index in [-0.39, 0.29) is 11.6 Å². The van der Waals surface area contributed by atoms with Gasteiger partial charge in [0, 0.05) is 18.7 Å². The SMILES string of the molecule is Cc1nn(C)c(C)c1NC(=O)C(C)Sc1nnc(-c2ccccc2)n1-c1ccc(F)cc1F. The summed E-state index contributed by atoms with van der Waals surface area (Å²) in [6, 6.07) is 12.5. The lowest BCUT2D eigenvalue weighted by Gasteiger charge is -2.15. The molecule has 7 nitrogen and oxygen atoms in total. The van der Waals surface area contributed by atoms with Crippen LogP contribution in [-0.4, -0.2) is 35.7 Å². The molecule has 0 aliphatic rings. The number of thioether (sulfide) groups is 1. The Bertz CT molecular complexity index is 1320. The van der Waals surface area contributed by atoms with Crippen molar-refractivity contribution in [3.8, 4) is 17.1 Å². The van der Waals surface area contributed by atoms with Gasteiger partial charge in [-0.05, 0) is 32.9 Å². The fourth-order valence-electron chi connectivity index (χ4n) is 3.39. The highest BCUT2D eigenvalue weighted by atomic mass is 32.2. The number of hydrogen-bond donors (Lipinski definition) is 1. The lowest BCUT2D eigenvalue weighted by Crippen LogP contribution is -2.23. The summed E-state index contributed by atoms with van der Waals surface area (Å²) in [6.07, 6.45) is 0. The Kier molecular flexibility index (Phi) is 6.28. The molecule has 0 saturated heterocycles. The second-order valence-electron chi connectivity index (χ2n) is 7.52. The molecule has 170 valence electrons. The average molecular weight is 469 g/mol. The topological polar surface area (TPSA) is 77.6 Å². The second-order valence-corrected chi connectivity index (χ2v) is 8.83. The zero-order valence-electron chi connectivity index (χ0n) is 18.5. The number of amides is 1. The van der Waals surface area contributed by atoms with Crippen LogP contribution in [-0.2, 0) is 11.8 Å². The van der Waals surface area contributed by atoms with Crippen molar-refractivity contribution in [2.45, 2.75) is 31.2 Å². The van der Waals surface area contributed by atoms with E-state index in [9.17, 15) is 13.6 Å². The summed E-state index contributed by atoms with van der Waals surface area (Å²) in [6.45, 7) is 5.41. The van der Waals surface area contributed by atoms with Gasteiger partial charge in [-0.15, -0.1) is 10.2 Å². The minimum Gasteiger partial charge on any atom is -0.322 e. The van der Waals surface area contributed by atoms with Gasteiger partial charge < -0.3 is 5.32 Å². The summed E-state index contributed by atoms with van der Waals surface area (Å²) in [5.74, 6) is -1.31. The van der Waals surface area contributed by atoms with Gasteiger partial charge in [0.05, 0.1) is 28.0 Å². The third-order valence-corrected chi connectivity index (χ3v) is 6.27. The minimum atomic E-state index is -0.757. The average Bonchev–Trinajstić information content (AvgIpc) is 3.30. The summed E-state index contributed by atoms with van der Waals surface area (Å²) >= 11 is 1.13. The van der Waals surface area contributed by atoms with Crippen LogP contribution in [0.1, 0.15) is 18.3 Å². The highest BCUT2D eigenvalue weighted by molar-refractivity contribution is 8.00. The van der Waals surface area contributed by atoms with Gasteiger partial charge in [-0.25, -0.2) is 8.78 Å². The van der Waals surface area contributed by atoms with Crippen molar-refractivity contribution in [2.24, 2.45) is 7.05 Å². The molecule has 4 rings (SSSR count). The molecule has 0 bridgehead atoms. The number of anilines is 1. The number of hydrogen-bond acceptors (Lipinski definition) is 5. The molecule has 1 N–H and O–H groups in total. The van der Waals surface area contributed by atoms with Crippen LogP contribution in [0.2, 0.25) is 0 Å². The monoisotopic (exact) mass is 468 g/mol. The molecule has 1 amide bonds. The number of carbonyl (C=O) groups excluding carboxylic acids is 1. The molecule has 0 spiro atoms. The predicted octanol–water partition coefficient (Wildman–Crippen LogP) is 4.68. The van der Waals surface area contributed by atoms with E-state index in [2.05, 4.69) is 20.6 Å². The molecule has 33 heavy (non-hydrogen) atoms. The highest BCUT2D eigenvalue weighted by Crippen LogP contribution is 2.32. The Morgan fingerprint density at radius 2 is 1.82 bits per heavy atom. The molecular weight excluding hydrogens is 446 g/mol. The molecule has 2 aromatic heterocycles. The predicted molar refractivity (Wildman–Crippen MR) is 123 cm³/mol. The largest absolute Gasteiger partial charge is 0.322 e. The van der Waals surface area contributed by atoms with Gasteiger partial charge in [0.15, 0.2) is 11.0 Å². The first-order valence-corrected chi connectivity index (χ1v) is 11.1. The normalized spacial score (nSPS) is 12.1. The third kappa shape index (κ3) is 4.51. The van der Waals surface area contributed by atoms with Crippen LogP contribution < -0.4 is 5.32 Å². The van der Waals surface area contributed by atoms with E-state index in [1.165, 1.54) is 16.7 Å². The number of aryl methyl sites for hydroxylation is 2. The van der Waals surface area contributed by atoms with Crippen LogP contribution >= 0.6 is 11.8 Å². The molecule has 0 radical (unpaired) electrons. The Hall–Kier alpha value is -3.53. The van der Waals surface area contributed by atoms with Crippen molar-refractivity contribution >= 4 is 23.4 Å². The van der Waals surface area contributed by atoms with Gasteiger partial charge in [-0.3, -0.25) is 14.0 Å². The maximum atomic E-state index is 14.7. The van der Waals surface area contributed by atoms with Crippen molar-refractivity contribution in [3.63, 3.8) is 0 Å². The van der Waals surface area contributed by atoms with Gasteiger partial charge in [0.2, 0.25) is 5.91 Å². The first kappa shape index (κ1) is 22.7. The van der Waals surface area contributed by atoms with Crippen molar-refractivity contribution in [1.82, 2.24) is 24.5 Å². The number of benzene rings is 2. The van der Waals surface area contributed by atoms with Crippen LogP contribution in [0.25, 0.3) is 17.1 Å². The molecular formula is C23H22F2N6OS. The summed E-state index contributed by atoms with van der Waals surface area (Å²) < 4.78 is 31.5. The summed E-state index contributed by atoms with van der Waals surface area (Å²) in [5.41, 5.74) is 3.00. The van der Waals surface area contributed by atoms with E-state index in [0.717, 1.165) is 23.5 Å². The number of nitrogens with zero attached hydrogens (tertiary/aromatic N) is 5. The van der Waals surface area contributed by atoms with E-state index in [4.69, 9.17) is 0 Å². The molecule has 1 atom stereocenters. The fraction of sp³-hybridized carbons (Fsp3) is 0.217. The van der Waals surface area contributed by atoms with E-state index < -0.39 is 16.9 Å². The summed E-state index contributed by atoms with van der Waals surface area (Å²) in [4.78, 5) is 12.9. The van der Waals surface area contributed by atoms with Crippen LogP contribution in [0, 0.1) is 25.5 Å². The lowest BCUT2D eigenvalue weighted by atomic mass is 10.2. The van der Waals surface area contributed by atoms with Crippen molar-refractivity contribution < 1.29 is 13.6 Å². The Morgan fingerprint density at radius 1 is 1.09 bits per heavy atom. The van der Waals surface area contributed by atoms with Crippen LogP contribution in [0.4, 0.5) is 14.5 Å². The molecule has 0 fully saturated rings. The quantitative estimate of drug-likeness (QED) is 0.416. The molecule has 0 saturated carbocycles. The maximum absolute atomic E-state index is 14.7. The Labute approximate surface area is 193 Å². The van der Waals surface area contributed by atoms with Crippen LogP contribution in [0.3, 0.4) is 0 Å². The van der Waals surface area contributed by atoms with Crippen molar-refractivity contribution in [2.75, 3.05) is 5.32 Å². The zero-order chi connectivity index (χ0) is 23.7. The van der Waals surface area contributed by atoms with Gasteiger partial charge >= 0.3 is 0 Å². The van der Waals surface area contributed by atoms with E-state index in [1.54, 1.807) is 18.7 Å². The lowest BCUT2D eigenvalue weighted by molar-refractivity contribution is -0.115. The van der Waals surface area contributed by atoms with Crippen LogP contribution in [0.15, 0.2) is 53.7 Å². The second kappa shape index (κ2) is 9.14. The van der Waals surface area contributed by atoms with Gasteiger partial charge in [-0.1, -0.05) is 42.1 Å². The molecule has 0 aliphatic heterocycles. The number of carbonyl (C=O) groups is 1. The Morgan fingerprint density at radius 3 is 2.45 bits per heavy atom. The van der Waals surface area contributed by atoms with E-state index in [1.807, 2.05) is 44.2 Å². The van der Waals surface area contributed by atoms with Gasteiger partial charge in [0.1, 0.15) is 11.6 Å². The molecule has 10 heteroatoms. The molecule has 1 unspecified atom stereocenters. The van der Waals surface area contributed by atoms with Crippen molar-refractivity contribution in [1.29, 1.82) is 0 Å². The smallest absolute Gasteiger partial charge is 0.237 e. The number of rotatable bonds is 6. The molecule has 4 aromatic rings. The highest BCUT2D eigenvalue weighted by Gasteiger charge is 2.24. The van der Waals surface area contributed by atoms with Crippen LogP contribution in [0.5, 0.6) is 0 Å². The number of halogens is 2. The Balaban J connectivity index is 1.69. The van der Waals surface area contributed by atoms with E-state index in [0.29, 0.717) is 27.9 Å². The third-order valence-electron chi connectivity index (χ3n) is 5.22. The molecule has 2 heterocycles. The van der Waals surface area contributed by atoms with E-state index >= 15 is 0 Å². The minimum absolute atomic E-state index is 0.0920. The first-order chi connectivity index (χ1) is 15.8. The first-order valence-electron chi connectivity index (χ1n) is 10.2. The zero-order valence-corrected chi connectivity index (χ0v) is 19.3. The maximum Gasteiger partial charge on any atom is 0.237 e. The number of aromatic nitrogens is 5. The summed E-state index contributed by atoms with van der Waals surface area (Å²) in [5, 5.41) is 15.4. The standard InChI is InChI=1S/C23H22F2N6OS/c1-13-20(14(2)30(4)29-13)26-22(32)15(3)33-23-28-27-21(16-8-6-5-7-9-16)31(23)19-11-10-17(24)12-18(19)25/h5-12,15H,1-4H3,(H,26,32). The fourth-order valence-corrected chi connectivity index (χ4v) is 4.25. The van der Waals surface area contributed by atoms with Crippen molar-refractivity contribution in [3.05, 3.63) is 71.6 Å². The summed E-state index contributed by atoms with van der Waals surface area (Å²) in [7, 11) is 1.81. The molecule has 0 aliphatic carbocycles.